The van der Waals surface area contributed by atoms with Crippen LogP contribution in [0.5, 0.6) is 11.5 Å². The molecule has 1 aromatic rings. The average molecular weight is 249 g/mol. The van der Waals surface area contributed by atoms with Gasteiger partial charge in [0.25, 0.3) is 0 Å². The van der Waals surface area contributed by atoms with Gasteiger partial charge in [-0.15, -0.1) is 0 Å². The Morgan fingerprint density at radius 2 is 1.89 bits per heavy atom. The molecule has 0 radical (unpaired) electrons. The normalized spacial score (nSPS) is 17.1. The van der Waals surface area contributed by atoms with Crippen LogP contribution < -0.4 is 14.8 Å². The number of nitrogens with one attached hydrogen (secondary N) is 1. The summed E-state index contributed by atoms with van der Waals surface area (Å²) in [6.45, 7) is 3.16. The molecule has 0 spiro atoms. The van der Waals surface area contributed by atoms with Crippen LogP contribution in [0.2, 0.25) is 0 Å². The van der Waals surface area contributed by atoms with Crippen LogP contribution in [0.3, 0.4) is 0 Å². The Hall–Kier alpha value is -1.22. The van der Waals surface area contributed by atoms with Gasteiger partial charge in [-0.3, -0.25) is 0 Å². The Labute approximate surface area is 109 Å². The fourth-order valence-electron chi connectivity index (χ4n) is 2.54. The van der Waals surface area contributed by atoms with Crippen LogP contribution in [0.1, 0.15) is 38.2 Å². The second-order valence-electron chi connectivity index (χ2n) is 5.03. The molecule has 1 aliphatic carbocycles. The standard InChI is InChI=1S/C15H23NO2/c1-4-15(8-5-9-15)16-11-12-6-7-13(17-2)14(10-12)18-3/h6-7,10,16H,4-5,8-9,11H2,1-3H3. The molecule has 0 saturated heterocycles. The van der Waals surface area contributed by atoms with Crippen LogP contribution >= 0.6 is 0 Å². The molecule has 0 aromatic heterocycles. The number of methoxy groups -OCH3 is 2. The van der Waals surface area contributed by atoms with Crippen LogP contribution in [0.25, 0.3) is 0 Å². The van der Waals surface area contributed by atoms with Gasteiger partial charge in [-0.05, 0) is 43.4 Å². The van der Waals surface area contributed by atoms with E-state index in [2.05, 4.69) is 18.3 Å². The summed E-state index contributed by atoms with van der Waals surface area (Å²) in [6, 6.07) is 6.11. The smallest absolute Gasteiger partial charge is 0.161 e. The van der Waals surface area contributed by atoms with Crippen molar-refractivity contribution in [2.75, 3.05) is 14.2 Å². The van der Waals surface area contributed by atoms with E-state index in [4.69, 9.17) is 9.47 Å². The van der Waals surface area contributed by atoms with Crippen molar-refractivity contribution in [1.82, 2.24) is 5.32 Å². The number of rotatable bonds is 6. The quantitative estimate of drug-likeness (QED) is 0.840. The lowest BCUT2D eigenvalue weighted by atomic mass is 9.75. The molecule has 0 unspecified atom stereocenters. The maximum atomic E-state index is 5.32. The van der Waals surface area contributed by atoms with Crippen molar-refractivity contribution >= 4 is 0 Å². The summed E-state index contributed by atoms with van der Waals surface area (Å²) in [6.07, 6.45) is 5.17. The molecule has 2 rings (SSSR count). The molecule has 1 N–H and O–H groups in total. The molecular formula is C15H23NO2. The fourth-order valence-corrected chi connectivity index (χ4v) is 2.54. The van der Waals surface area contributed by atoms with Gasteiger partial charge in [0, 0.05) is 12.1 Å². The second-order valence-corrected chi connectivity index (χ2v) is 5.03. The Kier molecular flexibility index (Phi) is 4.12. The molecular weight excluding hydrogens is 226 g/mol. The van der Waals surface area contributed by atoms with Crippen molar-refractivity contribution < 1.29 is 9.47 Å². The van der Waals surface area contributed by atoms with E-state index in [1.165, 1.54) is 31.2 Å². The molecule has 1 fully saturated rings. The van der Waals surface area contributed by atoms with E-state index in [9.17, 15) is 0 Å². The lowest BCUT2D eigenvalue weighted by Crippen LogP contribution is -2.49. The van der Waals surface area contributed by atoms with Crippen LogP contribution in [0.4, 0.5) is 0 Å². The topological polar surface area (TPSA) is 30.5 Å². The minimum atomic E-state index is 0.382. The Morgan fingerprint density at radius 1 is 1.17 bits per heavy atom. The highest BCUT2D eigenvalue weighted by Crippen LogP contribution is 2.35. The van der Waals surface area contributed by atoms with Crippen LogP contribution in [-0.2, 0) is 6.54 Å². The Morgan fingerprint density at radius 3 is 2.39 bits per heavy atom. The zero-order valence-corrected chi connectivity index (χ0v) is 11.6. The Balaban J connectivity index is 2.01. The maximum Gasteiger partial charge on any atom is 0.161 e. The molecule has 3 nitrogen and oxygen atoms in total. The predicted octanol–water partition coefficient (Wildman–Crippen LogP) is 3.13. The molecule has 0 aliphatic heterocycles. The molecule has 1 aromatic carbocycles. The molecule has 18 heavy (non-hydrogen) atoms. The first-order valence-electron chi connectivity index (χ1n) is 6.69. The summed E-state index contributed by atoms with van der Waals surface area (Å²) in [5, 5.41) is 3.69. The first-order valence-corrected chi connectivity index (χ1v) is 6.69. The van der Waals surface area contributed by atoms with E-state index in [0.29, 0.717) is 5.54 Å². The summed E-state index contributed by atoms with van der Waals surface area (Å²) in [7, 11) is 3.34. The van der Waals surface area contributed by atoms with E-state index < -0.39 is 0 Å². The van der Waals surface area contributed by atoms with Crippen LogP contribution in [-0.4, -0.2) is 19.8 Å². The Bertz CT molecular complexity index is 394. The van der Waals surface area contributed by atoms with Gasteiger partial charge in [-0.1, -0.05) is 13.0 Å². The molecule has 0 amide bonds. The van der Waals surface area contributed by atoms with Gasteiger partial charge in [0.1, 0.15) is 0 Å². The molecule has 1 aliphatic rings. The van der Waals surface area contributed by atoms with Gasteiger partial charge in [-0.2, -0.15) is 0 Å². The molecule has 0 heterocycles. The predicted molar refractivity (Wildman–Crippen MR) is 73.3 cm³/mol. The number of hydrogen-bond acceptors (Lipinski definition) is 3. The minimum absolute atomic E-state index is 0.382. The monoisotopic (exact) mass is 249 g/mol. The summed E-state index contributed by atoms with van der Waals surface area (Å²) in [5.41, 5.74) is 1.63. The van der Waals surface area contributed by atoms with Crippen LogP contribution in [0.15, 0.2) is 18.2 Å². The highest BCUT2D eigenvalue weighted by atomic mass is 16.5. The zero-order valence-electron chi connectivity index (χ0n) is 11.6. The van der Waals surface area contributed by atoms with Crippen molar-refractivity contribution in [2.45, 2.75) is 44.7 Å². The van der Waals surface area contributed by atoms with Crippen molar-refractivity contribution in [3.8, 4) is 11.5 Å². The molecule has 0 atom stereocenters. The van der Waals surface area contributed by atoms with Gasteiger partial charge in [0.15, 0.2) is 11.5 Å². The van der Waals surface area contributed by atoms with E-state index in [1.807, 2.05) is 12.1 Å². The summed E-state index contributed by atoms with van der Waals surface area (Å²) < 4.78 is 10.6. The fraction of sp³-hybridized carbons (Fsp3) is 0.600. The van der Waals surface area contributed by atoms with Crippen molar-refractivity contribution in [2.24, 2.45) is 0 Å². The first-order chi connectivity index (χ1) is 8.73. The lowest BCUT2D eigenvalue weighted by Gasteiger charge is -2.42. The highest BCUT2D eigenvalue weighted by molar-refractivity contribution is 5.42. The van der Waals surface area contributed by atoms with Crippen molar-refractivity contribution in [3.63, 3.8) is 0 Å². The van der Waals surface area contributed by atoms with Gasteiger partial charge < -0.3 is 14.8 Å². The van der Waals surface area contributed by atoms with E-state index in [-0.39, 0.29) is 0 Å². The number of hydrogen-bond donors (Lipinski definition) is 1. The SMILES string of the molecule is CCC1(NCc2ccc(OC)c(OC)c2)CCC1. The minimum Gasteiger partial charge on any atom is -0.493 e. The van der Waals surface area contributed by atoms with E-state index in [1.54, 1.807) is 14.2 Å². The number of benzene rings is 1. The largest absolute Gasteiger partial charge is 0.493 e. The molecule has 1 saturated carbocycles. The summed E-state index contributed by atoms with van der Waals surface area (Å²) >= 11 is 0. The van der Waals surface area contributed by atoms with Crippen molar-refractivity contribution in [1.29, 1.82) is 0 Å². The van der Waals surface area contributed by atoms with Gasteiger partial charge >= 0.3 is 0 Å². The van der Waals surface area contributed by atoms with Gasteiger partial charge in [0.2, 0.25) is 0 Å². The second kappa shape index (κ2) is 5.61. The maximum absolute atomic E-state index is 5.32. The van der Waals surface area contributed by atoms with E-state index >= 15 is 0 Å². The van der Waals surface area contributed by atoms with E-state index in [0.717, 1.165) is 18.0 Å². The van der Waals surface area contributed by atoms with Gasteiger partial charge in [-0.25, -0.2) is 0 Å². The summed E-state index contributed by atoms with van der Waals surface area (Å²) in [5.74, 6) is 1.59. The highest BCUT2D eigenvalue weighted by Gasteiger charge is 2.34. The number of ether oxygens (including phenoxy) is 2. The van der Waals surface area contributed by atoms with Gasteiger partial charge in [0.05, 0.1) is 14.2 Å². The third-order valence-corrected chi connectivity index (χ3v) is 4.10. The molecule has 0 bridgehead atoms. The third-order valence-electron chi connectivity index (χ3n) is 4.10. The molecule has 3 heteroatoms. The average Bonchev–Trinajstić information content (AvgIpc) is 2.37. The van der Waals surface area contributed by atoms with Crippen LogP contribution in [0, 0.1) is 0 Å². The molecule has 100 valence electrons. The zero-order chi connectivity index (χ0) is 13.0. The van der Waals surface area contributed by atoms with Crippen molar-refractivity contribution in [3.05, 3.63) is 23.8 Å². The first kappa shape index (κ1) is 13.2. The third kappa shape index (κ3) is 2.61. The summed E-state index contributed by atoms with van der Waals surface area (Å²) in [4.78, 5) is 0. The lowest BCUT2D eigenvalue weighted by molar-refractivity contribution is 0.175.